The minimum Gasteiger partial charge on any atom is -0.436 e. The number of hydrogen-bond acceptors (Lipinski definition) is 3. The summed E-state index contributed by atoms with van der Waals surface area (Å²) < 4.78 is 5.94. The van der Waals surface area contributed by atoms with Gasteiger partial charge in [0.15, 0.2) is 5.58 Å². The molecule has 0 bridgehead atoms. The number of aromatic nitrogens is 1. The Hall–Kier alpha value is -2.33. The molecular weight excluding hydrogens is 336 g/mol. The van der Waals surface area contributed by atoms with Crippen molar-refractivity contribution < 1.29 is 9.21 Å². The number of rotatable bonds is 5. The van der Waals surface area contributed by atoms with Crippen LogP contribution in [0.3, 0.4) is 0 Å². The maximum atomic E-state index is 11.9. The lowest BCUT2D eigenvalue weighted by atomic mass is 10.1. The molecule has 5 heteroatoms. The zero-order valence-electron chi connectivity index (χ0n) is 14.6. The van der Waals surface area contributed by atoms with Crippen LogP contribution in [0.4, 0.5) is 5.69 Å². The number of amides is 1. The number of carbonyl (C=O) groups is 1. The van der Waals surface area contributed by atoms with Gasteiger partial charge < -0.3 is 9.73 Å². The maximum Gasteiger partial charge on any atom is 0.228 e. The number of nitrogens with one attached hydrogen (secondary N) is 1. The normalized spacial score (nSPS) is 11.0. The summed E-state index contributed by atoms with van der Waals surface area (Å²) in [5.74, 6) is 0.456. The van der Waals surface area contributed by atoms with Gasteiger partial charge in [-0.2, -0.15) is 0 Å². The SMILES string of the molecule is CCCCC(=O)Nc1ccc(Cl)c(-c2nc3cc(C)cc(C)c3o2)c1. The van der Waals surface area contributed by atoms with Gasteiger partial charge in [0, 0.05) is 12.1 Å². The Morgan fingerprint density at radius 3 is 2.80 bits per heavy atom. The molecular formula is C20H21ClN2O2. The third kappa shape index (κ3) is 3.85. The van der Waals surface area contributed by atoms with Gasteiger partial charge in [-0.1, -0.05) is 31.0 Å². The predicted molar refractivity (Wildman–Crippen MR) is 102 cm³/mol. The van der Waals surface area contributed by atoms with Gasteiger partial charge in [0.1, 0.15) is 5.52 Å². The second-order valence-electron chi connectivity index (χ2n) is 6.30. The van der Waals surface area contributed by atoms with Gasteiger partial charge in [-0.25, -0.2) is 4.98 Å². The van der Waals surface area contributed by atoms with Crippen molar-refractivity contribution in [1.82, 2.24) is 4.98 Å². The third-order valence-electron chi connectivity index (χ3n) is 4.06. The minimum absolute atomic E-state index is 0.000781. The molecule has 1 aromatic heterocycles. The number of unbranched alkanes of at least 4 members (excludes halogenated alkanes) is 1. The van der Waals surface area contributed by atoms with Crippen molar-refractivity contribution in [2.75, 3.05) is 5.32 Å². The van der Waals surface area contributed by atoms with Crippen molar-refractivity contribution in [2.45, 2.75) is 40.0 Å². The Morgan fingerprint density at radius 2 is 2.04 bits per heavy atom. The van der Waals surface area contributed by atoms with Gasteiger partial charge >= 0.3 is 0 Å². The van der Waals surface area contributed by atoms with Gasteiger partial charge in [0.05, 0.1) is 10.6 Å². The van der Waals surface area contributed by atoms with Crippen LogP contribution in [0.1, 0.15) is 37.3 Å². The van der Waals surface area contributed by atoms with Crippen LogP contribution >= 0.6 is 11.6 Å². The van der Waals surface area contributed by atoms with E-state index in [0.29, 0.717) is 28.6 Å². The molecule has 0 saturated heterocycles. The first-order chi connectivity index (χ1) is 12.0. The van der Waals surface area contributed by atoms with Gasteiger partial charge in [0.25, 0.3) is 0 Å². The van der Waals surface area contributed by atoms with Crippen molar-refractivity contribution >= 4 is 34.3 Å². The van der Waals surface area contributed by atoms with Crippen LogP contribution in [0.2, 0.25) is 5.02 Å². The molecule has 0 saturated carbocycles. The molecule has 0 fully saturated rings. The topological polar surface area (TPSA) is 55.1 Å². The first-order valence-corrected chi connectivity index (χ1v) is 8.83. The van der Waals surface area contributed by atoms with Crippen LogP contribution < -0.4 is 5.32 Å². The van der Waals surface area contributed by atoms with E-state index in [1.165, 1.54) is 0 Å². The number of anilines is 1. The molecule has 1 heterocycles. The van der Waals surface area contributed by atoms with E-state index in [1.807, 2.05) is 19.9 Å². The van der Waals surface area contributed by atoms with E-state index in [4.69, 9.17) is 16.0 Å². The molecule has 0 radical (unpaired) electrons. The molecule has 130 valence electrons. The van der Waals surface area contributed by atoms with Crippen LogP contribution in [0.15, 0.2) is 34.7 Å². The number of halogens is 1. The molecule has 25 heavy (non-hydrogen) atoms. The second-order valence-corrected chi connectivity index (χ2v) is 6.70. The lowest BCUT2D eigenvalue weighted by molar-refractivity contribution is -0.116. The van der Waals surface area contributed by atoms with Gasteiger partial charge in [-0.05, 0) is 55.7 Å². The van der Waals surface area contributed by atoms with Crippen molar-refractivity contribution in [3.63, 3.8) is 0 Å². The van der Waals surface area contributed by atoms with Crippen LogP contribution in [-0.2, 0) is 4.79 Å². The highest BCUT2D eigenvalue weighted by molar-refractivity contribution is 6.33. The average molecular weight is 357 g/mol. The highest BCUT2D eigenvalue weighted by atomic mass is 35.5. The van der Waals surface area contributed by atoms with E-state index >= 15 is 0 Å². The summed E-state index contributed by atoms with van der Waals surface area (Å²) in [6.45, 7) is 6.08. The number of carbonyl (C=O) groups excluding carboxylic acids is 1. The van der Waals surface area contributed by atoms with E-state index in [2.05, 4.69) is 23.3 Å². The summed E-state index contributed by atoms with van der Waals surface area (Å²) in [6, 6.07) is 9.38. The largest absolute Gasteiger partial charge is 0.436 e. The summed E-state index contributed by atoms with van der Waals surface area (Å²) in [4.78, 5) is 16.5. The third-order valence-corrected chi connectivity index (χ3v) is 4.39. The molecule has 2 aromatic carbocycles. The fourth-order valence-corrected chi connectivity index (χ4v) is 3.02. The average Bonchev–Trinajstić information content (AvgIpc) is 2.98. The minimum atomic E-state index is -0.000781. The Kier molecular flexibility index (Phi) is 5.09. The van der Waals surface area contributed by atoms with E-state index in [-0.39, 0.29) is 5.91 Å². The van der Waals surface area contributed by atoms with Crippen LogP contribution in [0.25, 0.3) is 22.6 Å². The van der Waals surface area contributed by atoms with Crippen LogP contribution in [-0.4, -0.2) is 10.9 Å². The molecule has 0 spiro atoms. The van der Waals surface area contributed by atoms with Crippen molar-refractivity contribution in [1.29, 1.82) is 0 Å². The fourth-order valence-electron chi connectivity index (χ4n) is 2.82. The van der Waals surface area contributed by atoms with E-state index in [1.54, 1.807) is 18.2 Å². The fraction of sp³-hybridized carbons (Fsp3) is 0.300. The number of aryl methyl sites for hydroxylation is 2. The van der Waals surface area contributed by atoms with Gasteiger partial charge in [-0.15, -0.1) is 0 Å². The number of benzene rings is 2. The molecule has 0 unspecified atom stereocenters. The number of hydrogen-bond donors (Lipinski definition) is 1. The molecule has 1 amide bonds. The van der Waals surface area contributed by atoms with E-state index in [0.717, 1.165) is 35.1 Å². The summed E-state index contributed by atoms with van der Waals surface area (Å²) in [5.41, 5.74) is 5.09. The Bertz CT molecular complexity index is 931. The van der Waals surface area contributed by atoms with Gasteiger partial charge in [0.2, 0.25) is 11.8 Å². The quantitative estimate of drug-likeness (QED) is 0.619. The number of nitrogens with zero attached hydrogens (tertiary/aromatic N) is 1. The zero-order valence-corrected chi connectivity index (χ0v) is 15.4. The second kappa shape index (κ2) is 7.28. The monoisotopic (exact) mass is 356 g/mol. The van der Waals surface area contributed by atoms with Crippen LogP contribution in [0.5, 0.6) is 0 Å². The molecule has 3 rings (SSSR count). The zero-order chi connectivity index (χ0) is 18.0. The summed E-state index contributed by atoms with van der Waals surface area (Å²) in [5, 5.41) is 3.44. The summed E-state index contributed by atoms with van der Waals surface area (Å²) in [7, 11) is 0. The van der Waals surface area contributed by atoms with Gasteiger partial charge in [-0.3, -0.25) is 4.79 Å². The highest BCUT2D eigenvalue weighted by Crippen LogP contribution is 2.33. The van der Waals surface area contributed by atoms with E-state index in [9.17, 15) is 4.79 Å². The number of fused-ring (bicyclic) bond motifs is 1. The van der Waals surface area contributed by atoms with Crippen molar-refractivity contribution in [2.24, 2.45) is 0 Å². The Balaban J connectivity index is 1.95. The molecule has 0 aliphatic heterocycles. The molecule has 1 N–H and O–H groups in total. The Morgan fingerprint density at radius 1 is 1.24 bits per heavy atom. The molecule has 4 nitrogen and oxygen atoms in total. The molecule has 0 atom stereocenters. The maximum absolute atomic E-state index is 11.9. The highest BCUT2D eigenvalue weighted by Gasteiger charge is 2.15. The number of oxazole rings is 1. The van der Waals surface area contributed by atoms with Crippen molar-refractivity contribution in [3.05, 3.63) is 46.5 Å². The van der Waals surface area contributed by atoms with Crippen LogP contribution in [0, 0.1) is 13.8 Å². The summed E-state index contributed by atoms with van der Waals surface area (Å²) >= 11 is 6.34. The smallest absolute Gasteiger partial charge is 0.228 e. The lowest BCUT2D eigenvalue weighted by Gasteiger charge is -2.07. The predicted octanol–water partition coefficient (Wildman–Crippen LogP) is 5.89. The Labute approximate surface area is 152 Å². The molecule has 0 aliphatic rings. The standard InChI is InChI=1S/C20H21ClN2O2/c1-4-5-6-18(24)22-14-7-8-16(21)15(11-14)20-23-17-10-12(2)9-13(3)19(17)25-20/h7-11H,4-6H2,1-3H3,(H,22,24). The summed E-state index contributed by atoms with van der Waals surface area (Å²) in [6.07, 6.45) is 2.37. The first-order valence-electron chi connectivity index (χ1n) is 8.45. The van der Waals surface area contributed by atoms with E-state index < -0.39 is 0 Å². The van der Waals surface area contributed by atoms with Crippen molar-refractivity contribution in [3.8, 4) is 11.5 Å². The molecule has 0 aliphatic carbocycles. The lowest BCUT2D eigenvalue weighted by Crippen LogP contribution is -2.10. The first kappa shape index (κ1) is 17.5. The molecule has 3 aromatic rings.